The van der Waals surface area contributed by atoms with Crippen LogP contribution in [0.5, 0.6) is 5.75 Å². The highest BCUT2D eigenvalue weighted by atomic mass is 19.1. The Balaban J connectivity index is 2.26. The standard InChI is InChI=1S/C14H11BFNO3/c1-17-13-8-11(15(18)19)7-12(16)14(13)20-9-10-5-3-2-4-6-10/h2-8,18-19H,9H2. The summed E-state index contributed by atoms with van der Waals surface area (Å²) in [4.78, 5) is 3.15. The SMILES string of the molecule is [C-]#[N+]c1cc(B(O)O)cc(F)c1OCc1ccccc1. The van der Waals surface area contributed by atoms with Gasteiger partial charge in [0, 0.05) is 0 Å². The molecule has 0 aliphatic carbocycles. The first kappa shape index (κ1) is 14.1. The molecule has 2 N–H and O–H groups in total. The van der Waals surface area contributed by atoms with Crippen LogP contribution in [0.3, 0.4) is 0 Å². The van der Waals surface area contributed by atoms with Crippen molar-refractivity contribution in [3.63, 3.8) is 0 Å². The summed E-state index contributed by atoms with van der Waals surface area (Å²) in [6.45, 7) is 7.14. The predicted molar refractivity (Wildman–Crippen MR) is 73.3 cm³/mol. The third-order valence-electron chi connectivity index (χ3n) is 2.69. The van der Waals surface area contributed by atoms with Crippen LogP contribution in [0.25, 0.3) is 4.85 Å². The van der Waals surface area contributed by atoms with Gasteiger partial charge in [0.25, 0.3) is 0 Å². The summed E-state index contributed by atoms with van der Waals surface area (Å²) < 4.78 is 19.2. The Morgan fingerprint density at radius 2 is 1.90 bits per heavy atom. The number of nitrogens with zero attached hydrogens (tertiary/aromatic N) is 1. The molecule has 0 unspecified atom stereocenters. The van der Waals surface area contributed by atoms with Crippen LogP contribution in [0.1, 0.15) is 5.56 Å². The predicted octanol–water partition coefficient (Wildman–Crippen LogP) is 1.64. The molecule has 0 heterocycles. The molecule has 0 atom stereocenters. The summed E-state index contributed by atoms with van der Waals surface area (Å²) >= 11 is 0. The lowest BCUT2D eigenvalue weighted by Crippen LogP contribution is -2.30. The monoisotopic (exact) mass is 271 g/mol. The molecule has 0 saturated heterocycles. The molecular formula is C14H11BFNO3. The van der Waals surface area contributed by atoms with Gasteiger partial charge in [0.1, 0.15) is 6.61 Å². The highest BCUT2D eigenvalue weighted by molar-refractivity contribution is 6.58. The van der Waals surface area contributed by atoms with Gasteiger partial charge in [-0.3, -0.25) is 0 Å². The van der Waals surface area contributed by atoms with E-state index in [0.717, 1.165) is 11.6 Å². The number of halogens is 1. The maximum atomic E-state index is 13.9. The Morgan fingerprint density at radius 3 is 2.50 bits per heavy atom. The van der Waals surface area contributed by atoms with E-state index in [9.17, 15) is 4.39 Å². The lowest BCUT2D eigenvalue weighted by molar-refractivity contribution is 0.292. The first-order valence-corrected chi connectivity index (χ1v) is 5.85. The molecule has 0 bridgehead atoms. The van der Waals surface area contributed by atoms with Gasteiger partial charge in [0.15, 0.2) is 11.6 Å². The topological polar surface area (TPSA) is 54.0 Å². The zero-order chi connectivity index (χ0) is 14.5. The molecule has 0 saturated carbocycles. The molecule has 0 radical (unpaired) electrons. The summed E-state index contributed by atoms with van der Waals surface area (Å²) in [5.74, 6) is -0.981. The van der Waals surface area contributed by atoms with Crippen molar-refractivity contribution >= 4 is 18.3 Å². The Bertz CT molecular complexity index is 641. The first-order chi connectivity index (χ1) is 9.61. The third-order valence-corrected chi connectivity index (χ3v) is 2.69. The normalized spacial score (nSPS) is 9.90. The van der Waals surface area contributed by atoms with Crippen LogP contribution in [0.15, 0.2) is 42.5 Å². The second-order valence-electron chi connectivity index (χ2n) is 4.11. The molecule has 0 aliphatic rings. The van der Waals surface area contributed by atoms with E-state index in [0.29, 0.717) is 0 Å². The van der Waals surface area contributed by atoms with Gasteiger partial charge in [-0.05, 0) is 17.1 Å². The van der Waals surface area contributed by atoms with Crippen molar-refractivity contribution in [2.24, 2.45) is 0 Å². The summed E-state index contributed by atoms with van der Waals surface area (Å²) in [5.41, 5.74) is 0.665. The smallest absolute Gasteiger partial charge is 0.487 e. The van der Waals surface area contributed by atoms with E-state index in [2.05, 4.69) is 4.85 Å². The fourth-order valence-corrected chi connectivity index (χ4v) is 1.70. The Hall–Kier alpha value is -2.36. The molecule has 0 spiro atoms. The van der Waals surface area contributed by atoms with Crippen molar-refractivity contribution in [1.29, 1.82) is 0 Å². The van der Waals surface area contributed by atoms with E-state index in [-0.39, 0.29) is 23.5 Å². The molecule has 0 amide bonds. The van der Waals surface area contributed by atoms with Gasteiger partial charge in [-0.15, -0.1) is 0 Å². The highest BCUT2D eigenvalue weighted by Crippen LogP contribution is 2.30. The Labute approximate surface area is 116 Å². The van der Waals surface area contributed by atoms with Gasteiger partial charge >= 0.3 is 7.12 Å². The van der Waals surface area contributed by atoms with Gasteiger partial charge < -0.3 is 14.8 Å². The van der Waals surface area contributed by atoms with Gasteiger partial charge in [-0.25, -0.2) is 9.24 Å². The number of benzene rings is 2. The second kappa shape index (κ2) is 6.19. The lowest BCUT2D eigenvalue weighted by atomic mass is 9.80. The molecule has 0 aromatic heterocycles. The van der Waals surface area contributed by atoms with Crippen molar-refractivity contribution in [2.75, 3.05) is 0 Å². The molecule has 2 rings (SSSR count). The van der Waals surface area contributed by atoms with E-state index in [1.54, 1.807) is 0 Å². The number of ether oxygens (including phenoxy) is 1. The van der Waals surface area contributed by atoms with Crippen LogP contribution in [-0.2, 0) is 6.61 Å². The van der Waals surface area contributed by atoms with Gasteiger partial charge in [-0.2, -0.15) is 0 Å². The number of hydrogen-bond acceptors (Lipinski definition) is 3. The average Bonchev–Trinajstić information content (AvgIpc) is 2.46. The fraction of sp³-hybridized carbons (Fsp3) is 0.0714. The second-order valence-corrected chi connectivity index (χ2v) is 4.11. The van der Waals surface area contributed by atoms with Gasteiger partial charge in [0.05, 0.1) is 6.57 Å². The minimum absolute atomic E-state index is 0.0828. The van der Waals surface area contributed by atoms with Gasteiger partial charge in [0.2, 0.25) is 5.69 Å². The number of rotatable bonds is 4. The van der Waals surface area contributed by atoms with Crippen molar-refractivity contribution < 1.29 is 19.2 Å². The van der Waals surface area contributed by atoms with Crippen molar-refractivity contribution in [3.8, 4) is 5.75 Å². The minimum atomic E-state index is -1.83. The minimum Gasteiger partial charge on any atom is -0.497 e. The quantitative estimate of drug-likeness (QED) is 0.656. The lowest BCUT2D eigenvalue weighted by Gasteiger charge is -2.11. The molecule has 0 fully saturated rings. The summed E-state index contributed by atoms with van der Waals surface area (Å²) in [5, 5.41) is 18.0. The van der Waals surface area contributed by atoms with Gasteiger partial charge in [-0.1, -0.05) is 36.4 Å². The maximum absolute atomic E-state index is 13.9. The summed E-state index contributed by atoms with van der Waals surface area (Å²) in [6.07, 6.45) is 0. The maximum Gasteiger partial charge on any atom is 0.487 e. The van der Waals surface area contributed by atoms with E-state index in [1.165, 1.54) is 6.07 Å². The largest absolute Gasteiger partial charge is 0.497 e. The summed E-state index contributed by atoms with van der Waals surface area (Å²) in [6, 6.07) is 11.3. The van der Waals surface area contributed by atoms with Crippen molar-refractivity contribution in [3.05, 3.63) is 65.3 Å². The van der Waals surface area contributed by atoms with Crippen molar-refractivity contribution in [1.82, 2.24) is 0 Å². The third kappa shape index (κ3) is 3.15. The van der Waals surface area contributed by atoms with E-state index in [4.69, 9.17) is 21.4 Å². The van der Waals surface area contributed by atoms with Crippen LogP contribution in [-0.4, -0.2) is 17.2 Å². The highest BCUT2D eigenvalue weighted by Gasteiger charge is 2.18. The molecule has 20 heavy (non-hydrogen) atoms. The van der Waals surface area contributed by atoms with Crippen LogP contribution < -0.4 is 10.2 Å². The summed E-state index contributed by atoms with van der Waals surface area (Å²) in [7, 11) is -1.83. The average molecular weight is 271 g/mol. The molecule has 100 valence electrons. The van der Waals surface area contributed by atoms with E-state index in [1.807, 2.05) is 30.3 Å². The number of hydrogen-bond donors (Lipinski definition) is 2. The molecule has 6 heteroatoms. The first-order valence-electron chi connectivity index (χ1n) is 5.85. The zero-order valence-corrected chi connectivity index (χ0v) is 10.5. The van der Waals surface area contributed by atoms with Crippen LogP contribution in [0, 0.1) is 12.4 Å². The van der Waals surface area contributed by atoms with Crippen LogP contribution >= 0.6 is 0 Å². The Morgan fingerprint density at radius 1 is 1.20 bits per heavy atom. The van der Waals surface area contributed by atoms with Crippen LogP contribution in [0.4, 0.5) is 10.1 Å². The molecule has 0 aliphatic heterocycles. The van der Waals surface area contributed by atoms with E-state index < -0.39 is 12.9 Å². The Kier molecular flexibility index (Phi) is 4.36. The van der Waals surface area contributed by atoms with Crippen molar-refractivity contribution in [2.45, 2.75) is 6.61 Å². The van der Waals surface area contributed by atoms with Crippen LogP contribution in [0.2, 0.25) is 0 Å². The van der Waals surface area contributed by atoms with E-state index >= 15 is 0 Å². The molecule has 2 aromatic rings. The molecule has 4 nitrogen and oxygen atoms in total. The molecule has 2 aromatic carbocycles. The zero-order valence-electron chi connectivity index (χ0n) is 10.5. The fourth-order valence-electron chi connectivity index (χ4n) is 1.70. The molecular weight excluding hydrogens is 260 g/mol.